The van der Waals surface area contributed by atoms with E-state index in [1.54, 1.807) is 19.2 Å². The van der Waals surface area contributed by atoms with Gasteiger partial charge in [0.1, 0.15) is 11.4 Å². The molecule has 0 aliphatic heterocycles. The molecule has 0 spiro atoms. The van der Waals surface area contributed by atoms with Crippen LogP contribution in [-0.2, 0) is 10.3 Å². The van der Waals surface area contributed by atoms with Gasteiger partial charge in [0.25, 0.3) is 5.89 Å². The lowest BCUT2D eigenvalue weighted by molar-refractivity contribution is -0.00787. The van der Waals surface area contributed by atoms with Crippen molar-refractivity contribution in [2.45, 2.75) is 32.5 Å². The van der Waals surface area contributed by atoms with Crippen molar-refractivity contribution in [3.63, 3.8) is 0 Å². The summed E-state index contributed by atoms with van der Waals surface area (Å²) in [6.07, 6.45) is -0.395. The maximum atomic E-state index is 6.12. The molecule has 0 fully saturated rings. The van der Waals surface area contributed by atoms with Gasteiger partial charge in [-0.25, -0.2) is 0 Å². The first-order chi connectivity index (χ1) is 9.83. The topological polar surface area (TPSA) is 57.4 Å². The Morgan fingerprint density at radius 3 is 2.71 bits per heavy atom. The van der Waals surface area contributed by atoms with Crippen molar-refractivity contribution in [2.75, 3.05) is 7.11 Å². The van der Waals surface area contributed by atoms with Gasteiger partial charge in [0.15, 0.2) is 6.10 Å². The second kappa shape index (κ2) is 6.34. The van der Waals surface area contributed by atoms with Crippen molar-refractivity contribution in [3.05, 3.63) is 39.4 Å². The summed E-state index contributed by atoms with van der Waals surface area (Å²) in [7, 11) is 1.59. The Labute approximate surface area is 136 Å². The van der Waals surface area contributed by atoms with Gasteiger partial charge in [0.05, 0.1) is 5.02 Å². The molecule has 1 atom stereocenters. The van der Waals surface area contributed by atoms with E-state index in [0.717, 1.165) is 4.47 Å². The van der Waals surface area contributed by atoms with E-state index in [-0.39, 0.29) is 0 Å². The van der Waals surface area contributed by atoms with E-state index in [2.05, 4.69) is 26.1 Å². The van der Waals surface area contributed by atoms with E-state index in [0.29, 0.717) is 22.5 Å². The monoisotopic (exact) mass is 374 g/mol. The molecular formula is C14H16BrClN2O3. The average molecular weight is 376 g/mol. The van der Waals surface area contributed by atoms with Gasteiger partial charge in [-0.3, -0.25) is 0 Å². The van der Waals surface area contributed by atoms with Crippen molar-refractivity contribution >= 4 is 27.5 Å². The Bertz CT molecular complexity index is 630. The molecule has 5 nitrogen and oxygen atoms in total. The fourth-order valence-electron chi connectivity index (χ4n) is 1.55. The minimum atomic E-state index is -0.639. The molecule has 0 N–H and O–H groups in total. The molecule has 1 aromatic heterocycles. The van der Waals surface area contributed by atoms with E-state index in [9.17, 15) is 0 Å². The number of nitrogens with zero attached hydrogens (tertiary/aromatic N) is 2. The van der Waals surface area contributed by atoms with Crippen LogP contribution in [0.25, 0.3) is 0 Å². The Hall–Kier alpha value is -1.11. The van der Waals surface area contributed by atoms with Gasteiger partial charge in [-0.1, -0.05) is 32.7 Å². The van der Waals surface area contributed by atoms with Crippen LogP contribution in [0.3, 0.4) is 0 Å². The van der Waals surface area contributed by atoms with Crippen LogP contribution in [-0.4, -0.2) is 17.3 Å². The van der Waals surface area contributed by atoms with E-state index >= 15 is 0 Å². The second-order valence-electron chi connectivity index (χ2n) is 5.01. The molecule has 0 bridgehead atoms. The minimum absolute atomic E-state index is 0.395. The Morgan fingerprint density at radius 2 is 2.10 bits per heavy atom. The first-order valence-corrected chi connectivity index (χ1v) is 7.51. The van der Waals surface area contributed by atoms with Crippen molar-refractivity contribution in [3.8, 4) is 5.75 Å². The summed E-state index contributed by atoms with van der Waals surface area (Å²) >= 11 is 9.47. The zero-order valence-corrected chi connectivity index (χ0v) is 14.5. The molecule has 7 heteroatoms. The molecule has 0 aliphatic carbocycles. The fourth-order valence-corrected chi connectivity index (χ4v) is 2.26. The van der Waals surface area contributed by atoms with E-state index in [1.807, 2.05) is 26.8 Å². The number of aromatic nitrogens is 2. The maximum Gasteiger partial charge on any atom is 0.258 e. The van der Waals surface area contributed by atoms with Crippen LogP contribution in [0.1, 0.15) is 38.6 Å². The highest BCUT2D eigenvalue weighted by Crippen LogP contribution is 2.31. The largest absolute Gasteiger partial charge is 0.481 e. The molecule has 1 aromatic carbocycles. The molecule has 114 valence electrons. The molecular weight excluding hydrogens is 360 g/mol. The second-order valence-corrected chi connectivity index (χ2v) is 6.33. The first-order valence-electron chi connectivity index (χ1n) is 6.34. The van der Waals surface area contributed by atoms with Crippen LogP contribution >= 0.6 is 27.5 Å². The summed E-state index contributed by atoms with van der Waals surface area (Å²) in [6, 6.07) is 5.39. The third kappa shape index (κ3) is 3.75. The molecule has 0 amide bonds. The minimum Gasteiger partial charge on any atom is -0.481 e. The SMILES string of the molecule is COC(C)(C)c1nc(C(C)Oc2ccc(Br)cc2Cl)no1. The zero-order valence-electron chi connectivity index (χ0n) is 12.2. The normalized spacial score (nSPS) is 13.2. The molecule has 2 rings (SSSR count). The molecule has 21 heavy (non-hydrogen) atoms. The van der Waals surface area contributed by atoms with Crippen molar-refractivity contribution in [1.82, 2.24) is 10.1 Å². The van der Waals surface area contributed by atoms with Gasteiger partial charge in [0, 0.05) is 11.6 Å². The number of methoxy groups -OCH3 is 1. The Kier molecular flexibility index (Phi) is 4.91. The summed E-state index contributed by atoms with van der Waals surface area (Å²) in [5.41, 5.74) is -0.639. The molecule has 2 aromatic rings. The third-order valence-electron chi connectivity index (χ3n) is 3.03. The number of hydrogen-bond donors (Lipinski definition) is 0. The number of benzene rings is 1. The summed E-state index contributed by atoms with van der Waals surface area (Å²) in [6.45, 7) is 5.52. The molecule has 0 radical (unpaired) electrons. The Balaban J connectivity index is 2.15. The number of halogens is 2. The van der Waals surface area contributed by atoms with Crippen LogP contribution in [0.4, 0.5) is 0 Å². The van der Waals surface area contributed by atoms with Crippen LogP contribution in [0.2, 0.25) is 5.02 Å². The van der Waals surface area contributed by atoms with Crippen LogP contribution in [0, 0.1) is 0 Å². The summed E-state index contributed by atoms with van der Waals surface area (Å²) < 4.78 is 17.2. The summed E-state index contributed by atoms with van der Waals surface area (Å²) in [5.74, 6) is 1.40. The summed E-state index contributed by atoms with van der Waals surface area (Å²) in [4.78, 5) is 4.32. The molecule has 0 saturated carbocycles. The first kappa shape index (κ1) is 16.3. The quantitative estimate of drug-likeness (QED) is 0.769. The zero-order chi connectivity index (χ0) is 15.6. The van der Waals surface area contributed by atoms with Crippen molar-refractivity contribution in [1.29, 1.82) is 0 Å². The molecule has 1 heterocycles. The predicted octanol–water partition coefficient (Wildman–Crippen LogP) is 4.51. The average Bonchev–Trinajstić information content (AvgIpc) is 2.92. The van der Waals surface area contributed by atoms with Crippen LogP contribution in [0.5, 0.6) is 5.75 Å². The highest BCUT2D eigenvalue weighted by molar-refractivity contribution is 9.10. The fraction of sp³-hybridized carbons (Fsp3) is 0.429. The molecule has 0 aliphatic rings. The van der Waals surface area contributed by atoms with Crippen molar-refractivity contribution in [2.24, 2.45) is 0 Å². The third-order valence-corrected chi connectivity index (χ3v) is 3.82. The highest BCUT2D eigenvalue weighted by Gasteiger charge is 2.28. The lowest BCUT2D eigenvalue weighted by atomic mass is 10.1. The van der Waals surface area contributed by atoms with Gasteiger partial charge in [-0.2, -0.15) is 4.98 Å². The van der Waals surface area contributed by atoms with Gasteiger partial charge in [0.2, 0.25) is 5.82 Å². The van der Waals surface area contributed by atoms with Gasteiger partial charge >= 0.3 is 0 Å². The van der Waals surface area contributed by atoms with Gasteiger partial charge in [-0.15, -0.1) is 0 Å². The number of ether oxygens (including phenoxy) is 2. The van der Waals surface area contributed by atoms with E-state index in [1.165, 1.54) is 0 Å². The van der Waals surface area contributed by atoms with Crippen molar-refractivity contribution < 1.29 is 14.0 Å². The smallest absolute Gasteiger partial charge is 0.258 e. The summed E-state index contributed by atoms with van der Waals surface area (Å²) in [5, 5.41) is 4.44. The van der Waals surface area contributed by atoms with E-state index < -0.39 is 11.7 Å². The Morgan fingerprint density at radius 1 is 1.38 bits per heavy atom. The lowest BCUT2D eigenvalue weighted by Gasteiger charge is -2.17. The number of rotatable bonds is 5. The van der Waals surface area contributed by atoms with Crippen LogP contribution in [0.15, 0.2) is 27.2 Å². The lowest BCUT2D eigenvalue weighted by Crippen LogP contribution is -2.20. The maximum absolute atomic E-state index is 6.12. The van der Waals surface area contributed by atoms with Gasteiger partial charge in [-0.05, 0) is 39.0 Å². The standard InChI is InChI=1S/C14H16BrClN2O3/c1-8(20-11-6-5-9(15)7-10(11)16)12-17-13(21-18-12)14(2,3)19-4/h5-8H,1-4H3. The molecule has 1 unspecified atom stereocenters. The van der Waals surface area contributed by atoms with Crippen LogP contribution < -0.4 is 4.74 Å². The highest BCUT2D eigenvalue weighted by atomic mass is 79.9. The van der Waals surface area contributed by atoms with Gasteiger partial charge < -0.3 is 14.0 Å². The predicted molar refractivity (Wildman–Crippen MR) is 82.5 cm³/mol. The van der Waals surface area contributed by atoms with E-state index in [4.69, 9.17) is 25.6 Å². The molecule has 0 saturated heterocycles. The number of hydrogen-bond acceptors (Lipinski definition) is 5.